The van der Waals surface area contributed by atoms with Crippen molar-refractivity contribution in [3.05, 3.63) is 99.8 Å². The van der Waals surface area contributed by atoms with E-state index in [4.69, 9.17) is 0 Å². The van der Waals surface area contributed by atoms with Gasteiger partial charge in [0.1, 0.15) is 5.75 Å². The van der Waals surface area contributed by atoms with Crippen molar-refractivity contribution in [1.29, 1.82) is 0 Å². The summed E-state index contributed by atoms with van der Waals surface area (Å²) < 4.78 is 1.83. The fourth-order valence-corrected chi connectivity index (χ4v) is 3.52. The van der Waals surface area contributed by atoms with Crippen molar-refractivity contribution < 1.29 is 5.11 Å². The van der Waals surface area contributed by atoms with Crippen LogP contribution in [0.25, 0.3) is 22.0 Å². The maximum absolute atomic E-state index is 13.3. The maximum atomic E-state index is 13.3. The highest BCUT2D eigenvalue weighted by Gasteiger charge is 2.12. The molecule has 27 heavy (non-hydrogen) atoms. The molecule has 134 valence electrons. The SMILES string of the molecule is Cc1ccc(Cn2c(-c3ccc(O)cc3)cc3ccccc3c2=O)c(C)c1. The van der Waals surface area contributed by atoms with E-state index in [1.54, 1.807) is 12.1 Å². The number of hydrogen-bond acceptors (Lipinski definition) is 2. The van der Waals surface area contributed by atoms with Gasteiger partial charge in [0.2, 0.25) is 0 Å². The molecule has 0 aliphatic rings. The van der Waals surface area contributed by atoms with Crippen molar-refractivity contribution in [2.24, 2.45) is 0 Å². The quantitative estimate of drug-likeness (QED) is 0.559. The molecule has 0 amide bonds. The van der Waals surface area contributed by atoms with Crippen LogP contribution in [0, 0.1) is 13.8 Å². The molecule has 3 heteroatoms. The molecule has 0 fully saturated rings. The van der Waals surface area contributed by atoms with Crippen LogP contribution in [-0.4, -0.2) is 9.67 Å². The first-order valence-corrected chi connectivity index (χ1v) is 9.01. The van der Waals surface area contributed by atoms with E-state index in [-0.39, 0.29) is 11.3 Å². The Morgan fingerprint density at radius 2 is 1.63 bits per heavy atom. The minimum Gasteiger partial charge on any atom is -0.508 e. The van der Waals surface area contributed by atoms with Crippen LogP contribution < -0.4 is 5.56 Å². The van der Waals surface area contributed by atoms with Gasteiger partial charge in [-0.2, -0.15) is 0 Å². The molecule has 0 aliphatic heterocycles. The largest absolute Gasteiger partial charge is 0.508 e. The summed E-state index contributed by atoms with van der Waals surface area (Å²) in [6, 6.07) is 23.0. The Bertz CT molecular complexity index is 1190. The number of aromatic hydroxyl groups is 1. The smallest absolute Gasteiger partial charge is 0.259 e. The number of rotatable bonds is 3. The molecule has 4 aromatic rings. The van der Waals surface area contributed by atoms with Gasteiger partial charge in [0.05, 0.1) is 12.2 Å². The summed E-state index contributed by atoms with van der Waals surface area (Å²) in [6.07, 6.45) is 0. The number of pyridine rings is 1. The van der Waals surface area contributed by atoms with Crippen LogP contribution in [0.15, 0.2) is 77.6 Å². The number of benzene rings is 3. The van der Waals surface area contributed by atoms with E-state index in [2.05, 4.69) is 32.0 Å². The lowest BCUT2D eigenvalue weighted by atomic mass is 10.0. The van der Waals surface area contributed by atoms with Crippen molar-refractivity contribution in [2.75, 3.05) is 0 Å². The Kier molecular flexibility index (Phi) is 4.28. The van der Waals surface area contributed by atoms with Gasteiger partial charge in [-0.1, -0.05) is 42.0 Å². The van der Waals surface area contributed by atoms with Gasteiger partial charge in [0, 0.05) is 5.39 Å². The zero-order chi connectivity index (χ0) is 19.0. The Morgan fingerprint density at radius 3 is 2.37 bits per heavy atom. The predicted molar refractivity (Wildman–Crippen MR) is 110 cm³/mol. The summed E-state index contributed by atoms with van der Waals surface area (Å²) in [5.41, 5.74) is 5.25. The van der Waals surface area contributed by atoms with Gasteiger partial charge in [-0.25, -0.2) is 0 Å². The van der Waals surface area contributed by atoms with Crippen molar-refractivity contribution in [3.8, 4) is 17.0 Å². The molecule has 0 saturated heterocycles. The van der Waals surface area contributed by atoms with Gasteiger partial charge in [-0.05, 0) is 72.3 Å². The minimum absolute atomic E-state index is 0.00356. The second-order valence-corrected chi connectivity index (χ2v) is 6.98. The number of phenols is 1. The van der Waals surface area contributed by atoms with Gasteiger partial charge in [0.25, 0.3) is 5.56 Å². The normalized spacial score (nSPS) is 11.0. The van der Waals surface area contributed by atoms with E-state index in [1.165, 1.54) is 11.1 Å². The Labute approximate surface area is 158 Å². The first-order valence-electron chi connectivity index (χ1n) is 9.01. The van der Waals surface area contributed by atoms with Crippen LogP contribution in [0.5, 0.6) is 5.75 Å². The third-order valence-electron chi connectivity index (χ3n) is 5.01. The molecule has 4 rings (SSSR count). The molecule has 1 heterocycles. The average Bonchev–Trinajstić information content (AvgIpc) is 2.66. The number of fused-ring (bicyclic) bond motifs is 1. The predicted octanol–water partition coefficient (Wildman–Crippen LogP) is 5.04. The van der Waals surface area contributed by atoms with Crippen LogP contribution in [-0.2, 0) is 6.54 Å². The van der Waals surface area contributed by atoms with E-state index >= 15 is 0 Å². The summed E-state index contributed by atoms with van der Waals surface area (Å²) in [7, 11) is 0. The summed E-state index contributed by atoms with van der Waals surface area (Å²) >= 11 is 0. The van der Waals surface area contributed by atoms with Crippen LogP contribution >= 0.6 is 0 Å². The third-order valence-corrected chi connectivity index (χ3v) is 5.01. The van der Waals surface area contributed by atoms with E-state index < -0.39 is 0 Å². The van der Waals surface area contributed by atoms with E-state index in [0.29, 0.717) is 11.9 Å². The van der Waals surface area contributed by atoms with Crippen LogP contribution in [0.2, 0.25) is 0 Å². The molecule has 0 atom stereocenters. The van der Waals surface area contributed by atoms with Gasteiger partial charge in [0.15, 0.2) is 0 Å². The van der Waals surface area contributed by atoms with Crippen LogP contribution in [0.1, 0.15) is 16.7 Å². The fourth-order valence-electron chi connectivity index (χ4n) is 3.52. The van der Waals surface area contributed by atoms with Crippen LogP contribution in [0.4, 0.5) is 0 Å². The number of phenolic OH excluding ortho intramolecular Hbond substituents is 1. The summed E-state index contributed by atoms with van der Waals surface area (Å²) in [6.45, 7) is 4.65. The van der Waals surface area contributed by atoms with Gasteiger partial charge in [-0.3, -0.25) is 4.79 Å². The molecule has 1 aromatic heterocycles. The highest BCUT2D eigenvalue weighted by Crippen LogP contribution is 2.25. The number of nitrogens with zero attached hydrogens (tertiary/aromatic N) is 1. The maximum Gasteiger partial charge on any atom is 0.259 e. The Hall–Kier alpha value is -3.33. The highest BCUT2D eigenvalue weighted by atomic mass is 16.3. The average molecular weight is 355 g/mol. The number of aromatic nitrogens is 1. The van der Waals surface area contributed by atoms with Crippen molar-refractivity contribution >= 4 is 10.8 Å². The lowest BCUT2D eigenvalue weighted by Gasteiger charge is -2.16. The number of aryl methyl sites for hydroxylation is 2. The molecule has 0 spiro atoms. The molecule has 0 saturated carbocycles. The second kappa shape index (κ2) is 6.76. The molecule has 1 N–H and O–H groups in total. The molecule has 0 aliphatic carbocycles. The molecule has 3 nitrogen and oxygen atoms in total. The summed E-state index contributed by atoms with van der Waals surface area (Å²) in [4.78, 5) is 13.3. The lowest BCUT2D eigenvalue weighted by molar-refractivity contribution is 0.475. The first kappa shape index (κ1) is 17.1. The van der Waals surface area contributed by atoms with Crippen molar-refractivity contribution in [3.63, 3.8) is 0 Å². The van der Waals surface area contributed by atoms with Gasteiger partial charge in [-0.15, -0.1) is 0 Å². The highest BCUT2D eigenvalue weighted by molar-refractivity contribution is 5.85. The molecule has 3 aromatic carbocycles. The summed E-state index contributed by atoms with van der Waals surface area (Å²) in [5.74, 6) is 0.211. The Balaban J connectivity index is 1.96. The summed E-state index contributed by atoms with van der Waals surface area (Å²) in [5, 5.41) is 11.3. The first-order chi connectivity index (χ1) is 13.0. The zero-order valence-corrected chi connectivity index (χ0v) is 15.4. The minimum atomic E-state index is -0.00356. The molecule has 0 bridgehead atoms. The van der Waals surface area contributed by atoms with E-state index in [9.17, 15) is 9.90 Å². The standard InChI is InChI=1S/C24H21NO2/c1-16-7-8-20(17(2)13-16)15-25-23(18-9-11-21(26)12-10-18)14-19-5-3-4-6-22(19)24(25)27/h3-14,26H,15H2,1-2H3. The third kappa shape index (κ3) is 3.24. The van der Waals surface area contributed by atoms with Gasteiger partial charge < -0.3 is 9.67 Å². The van der Waals surface area contributed by atoms with E-state index in [0.717, 1.165) is 22.2 Å². The zero-order valence-electron chi connectivity index (χ0n) is 15.4. The lowest BCUT2D eigenvalue weighted by Crippen LogP contribution is -2.23. The van der Waals surface area contributed by atoms with Crippen molar-refractivity contribution in [2.45, 2.75) is 20.4 Å². The second-order valence-electron chi connectivity index (χ2n) is 6.98. The van der Waals surface area contributed by atoms with E-state index in [1.807, 2.05) is 47.0 Å². The Morgan fingerprint density at radius 1 is 0.889 bits per heavy atom. The van der Waals surface area contributed by atoms with Gasteiger partial charge >= 0.3 is 0 Å². The molecule has 0 radical (unpaired) electrons. The number of hydrogen-bond donors (Lipinski definition) is 1. The molecule has 0 unspecified atom stereocenters. The topological polar surface area (TPSA) is 42.2 Å². The molecular formula is C24H21NO2. The monoisotopic (exact) mass is 355 g/mol. The van der Waals surface area contributed by atoms with Crippen LogP contribution in [0.3, 0.4) is 0 Å². The fraction of sp³-hybridized carbons (Fsp3) is 0.125. The molecular weight excluding hydrogens is 334 g/mol. The van der Waals surface area contributed by atoms with Crippen molar-refractivity contribution in [1.82, 2.24) is 4.57 Å².